The second-order valence-corrected chi connectivity index (χ2v) is 4.66. The normalized spacial score (nSPS) is 10.5. The molecule has 2 N–H and O–H groups in total. The molecule has 6 nitrogen and oxygen atoms in total. The Morgan fingerprint density at radius 2 is 2.44 bits per heavy atom. The molecule has 7 heteroatoms. The molecule has 0 radical (unpaired) electrons. The highest BCUT2D eigenvalue weighted by atomic mass is 32.2. The van der Waals surface area contributed by atoms with Crippen molar-refractivity contribution >= 4 is 17.6 Å². The Balaban J connectivity index is 2.09. The van der Waals surface area contributed by atoms with Crippen molar-refractivity contribution in [2.75, 3.05) is 11.1 Å². The summed E-state index contributed by atoms with van der Waals surface area (Å²) in [7, 11) is 0. The number of nitrogens with one attached hydrogen (secondary N) is 2. The van der Waals surface area contributed by atoms with Crippen molar-refractivity contribution in [3.63, 3.8) is 0 Å². The van der Waals surface area contributed by atoms with Crippen LogP contribution in [0.4, 0.5) is 5.82 Å². The first-order valence-corrected chi connectivity index (χ1v) is 6.64. The van der Waals surface area contributed by atoms with Gasteiger partial charge >= 0.3 is 5.69 Å². The van der Waals surface area contributed by atoms with Crippen LogP contribution in [0.2, 0.25) is 0 Å². The summed E-state index contributed by atoms with van der Waals surface area (Å²) >= 11 is 1.56. The Bertz CT molecular complexity index is 538. The minimum atomic E-state index is -0.460. The second-order valence-electron chi connectivity index (χ2n) is 3.58. The highest BCUT2D eigenvalue weighted by Crippen LogP contribution is 2.22. The molecule has 2 aromatic rings. The highest BCUT2D eigenvalue weighted by Gasteiger charge is 2.08. The summed E-state index contributed by atoms with van der Waals surface area (Å²) in [5, 5.41) is 10.1. The van der Waals surface area contributed by atoms with Gasteiger partial charge < -0.3 is 9.73 Å². The van der Waals surface area contributed by atoms with Crippen LogP contribution in [0.5, 0.6) is 0 Å². The number of nitrogens with zero attached hydrogens (tertiary/aromatic N) is 2. The molecule has 0 saturated heterocycles. The first-order valence-electron chi connectivity index (χ1n) is 5.65. The van der Waals surface area contributed by atoms with Gasteiger partial charge in [0.25, 0.3) is 0 Å². The van der Waals surface area contributed by atoms with Crippen LogP contribution < -0.4 is 11.0 Å². The molecule has 18 heavy (non-hydrogen) atoms. The summed E-state index contributed by atoms with van der Waals surface area (Å²) < 4.78 is 5.20. The third-order valence-electron chi connectivity index (χ3n) is 2.12. The summed E-state index contributed by atoms with van der Waals surface area (Å²) in [5.41, 5.74) is -0.460. The van der Waals surface area contributed by atoms with Crippen molar-refractivity contribution in [1.82, 2.24) is 15.2 Å². The van der Waals surface area contributed by atoms with E-state index in [4.69, 9.17) is 4.42 Å². The van der Waals surface area contributed by atoms with Gasteiger partial charge in [0, 0.05) is 0 Å². The largest absolute Gasteiger partial charge is 0.467 e. The van der Waals surface area contributed by atoms with E-state index in [-0.39, 0.29) is 0 Å². The summed E-state index contributed by atoms with van der Waals surface area (Å²) in [6, 6.07) is 3.67. The minimum absolute atomic E-state index is 0.460. The van der Waals surface area contributed by atoms with E-state index in [0.717, 1.165) is 17.9 Å². The Morgan fingerprint density at radius 3 is 3.17 bits per heavy atom. The summed E-state index contributed by atoms with van der Waals surface area (Å²) in [6.45, 7) is 2.56. The van der Waals surface area contributed by atoms with E-state index in [9.17, 15) is 4.79 Å². The lowest BCUT2D eigenvalue weighted by Crippen LogP contribution is -2.16. The van der Waals surface area contributed by atoms with Gasteiger partial charge in [-0.1, -0.05) is 6.92 Å². The van der Waals surface area contributed by atoms with Crippen molar-refractivity contribution in [3.8, 4) is 0 Å². The Morgan fingerprint density at radius 1 is 1.56 bits per heavy atom. The number of rotatable bonds is 6. The van der Waals surface area contributed by atoms with Crippen LogP contribution >= 0.6 is 11.8 Å². The average Bonchev–Trinajstić information content (AvgIpc) is 2.88. The number of thioether (sulfide) groups is 1. The van der Waals surface area contributed by atoms with Crippen molar-refractivity contribution < 1.29 is 4.42 Å². The van der Waals surface area contributed by atoms with Gasteiger partial charge in [-0.05, 0) is 24.3 Å². The number of furan rings is 1. The minimum Gasteiger partial charge on any atom is -0.467 e. The van der Waals surface area contributed by atoms with Crippen molar-refractivity contribution in [1.29, 1.82) is 0 Å². The molecule has 0 saturated carbocycles. The number of H-pyrrole nitrogens is 1. The fourth-order valence-electron chi connectivity index (χ4n) is 1.32. The van der Waals surface area contributed by atoms with Gasteiger partial charge in [-0.15, -0.1) is 11.8 Å². The van der Waals surface area contributed by atoms with E-state index in [1.54, 1.807) is 18.0 Å². The van der Waals surface area contributed by atoms with E-state index in [0.29, 0.717) is 17.4 Å². The molecule has 0 aromatic carbocycles. The molecule has 0 aliphatic heterocycles. The van der Waals surface area contributed by atoms with E-state index >= 15 is 0 Å². The molecular weight excluding hydrogens is 252 g/mol. The van der Waals surface area contributed by atoms with Crippen molar-refractivity contribution in [2.24, 2.45) is 0 Å². The van der Waals surface area contributed by atoms with Crippen LogP contribution in [0.15, 0.2) is 32.6 Å². The van der Waals surface area contributed by atoms with Crippen LogP contribution in [0.3, 0.4) is 0 Å². The lowest BCUT2D eigenvalue weighted by atomic mass is 10.4. The summed E-state index contributed by atoms with van der Waals surface area (Å²) in [5.74, 6) is 2.20. The molecule has 2 aromatic heterocycles. The third kappa shape index (κ3) is 3.36. The van der Waals surface area contributed by atoms with Crippen LogP contribution in [-0.4, -0.2) is 20.9 Å². The molecule has 96 valence electrons. The zero-order valence-corrected chi connectivity index (χ0v) is 10.8. The van der Waals surface area contributed by atoms with Gasteiger partial charge in [-0.3, -0.25) is 0 Å². The number of aromatic amines is 1. The van der Waals surface area contributed by atoms with Gasteiger partial charge in [-0.25, -0.2) is 9.89 Å². The highest BCUT2D eigenvalue weighted by molar-refractivity contribution is 7.99. The lowest BCUT2D eigenvalue weighted by molar-refractivity contribution is 0.517. The SMILES string of the molecule is CCCSc1n[nH]c(=O)nc1NCc1ccco1. The number of anilines is 1. The van der Waals surface area contributed by atoms with Gasteiger partial charge in [0.2, 0.25) is 0 Å². The molecule has 0 unspecified atom stereocenters. The smallest absolute Gasteiger partial charge is 0.363 e. The zero-order chi connectivity index (χ0) is 12.8. The molecule has 0 atom stereocenters. The average molecular weight is 266 g/mol. The topological polar surface area (TPSA) is 83.8 Å². The fourth-order valence-corrected chi connectivity index (χ4v) is 2.09. The lowest BCUT2D eigenvalue weighted by Gasteiger charge is -2.06. The second kappa shape index (κ2) is 6.25. The standard InChI is InChI=1S/C11H14N4O2S/c1-2-6-18-10-9(13-11(16)15-14-10)12-7-8-4-3-5-17-8/h3-5H,2,6-7H2,1H3,(H2,12,13,15,16). The maximum atomic E-state index is 11.2. The van der Waals surface area contributed by atoms with Crippen LogP contribution in [0, 0.1) is 0 Å². The zero-order valence-electron chi connectivity index (χ0n) is 9.97. The van der Waals surface area contributed by atoms with E-state index in [1.807, 2.05) is 12.1 Å². The maximum Gasteiger partial charge on any atom is 0.363 e. The maximum absolute atomic E-state index is 11.2. The summed E-state index contributed by atoms with van der Waals surface area (Å²) in [6.07, 6.45) is 2.64. The van der Waals surface area contributed by atoms with Gasteiger partial charge in [-0.2, -0.15) is 10.1 Å². The summed E-state index contributed by atoms with van der Waals surface area (Å²) in [4.78, 5) is 15.1. The fraction of sp³-hybridized carbons (Fsp3) is 0.364. The Hall–Kier alpha value is -1.76. The van der Waals surface area contributed by atoms with Crippen molar-refractivity contribution in [3.05, 3.63) is 34.6 Å². The van der Waals surface area contributed by atoms with Crippen LogP contribution in [-0.2, 0) is 6.54 Å². The third-order valence-corrected chi connectivity index (χ3v) is 3.29. The predicted molar refractivity (Wildman–Crippen MR) is 69.7 cm³/mol. The molecule has 0 aliphatic rings. The van der Waals surface area contributed by atoms with Gasteiger partial charge in [0.1, 0.15) is 5.76 Å². The quantitative estimate of drug-likeness (QED) is 0.777. The molecule has 0 bridgehead atoms. The molecule has 2 heterocycles. The molecule has 0 fully saturated rings. The van der Waals surface area contributed by atoms with E-state index in [2.05, 4.69) is 27.4 Å². The Labute approximate surface area is 108 Å². The Kier molecular flexibility index (Phi) is 4.40. The van der Waals surface area contributed by atoms with Crippen LogP contribution in [0.1, 0.15) is 19.1 Å². The predicted octanol–water partition coefficient (Wildman–Crippen LogP) is 1.87. The number of hydrogen-bond acceptors (Lipinski definition) is 6. The van der Waals surface area contributed by atoms with E-state index < -0.39 is 5.69 Å². The first-order chi connectivity index (χ1) is 8.79. The number of aromatic nitrogens is 3. The molecular formula is C11H14N4O2S. The van der Waals surface area contributed by atoms with Gasteiger partial charge in [0.15, 0.2) is 10.8 Å². The van der Waals surface area contributed by atoms with E-state index in [1.165, 1.54) is 0 Å². The molecule has 0 spiro atoms. The van der Waals surface area contributed by atoms with Crippen LogP contribution in [0.25, 0.3) is 0 Å². The van der Waals surface area contributed by atoms with Crippen molar-refractivity contribution in [2.45, 2.75) is 24.9 Å². The molecule has 0 amide bonds. The number of hydrogen-bond donors (Lipinski definition) is 2. The first kappa shape index (κ1) is 12.7. The molecule has 2 rings (SSSR count). The monoisotopic (exact) mass is 266 g/mol. The van der Waals surface area contributed by atoms with Gasteiger partial charge in [0.05, 0.1) is 12.8 Å². The molecule has 0 aliphatic carbocycles.